The van der Waals surface area contributed by atoms with Crippen molar-refractivity contribution in [3.63, 3.8) is 0 Å². The minimum Gasteiger partial charge on any atom is -0.506 e. The number of aliphatic hydroxyl groups is 1. The Morgan fingerprint density at radius 3 is 2.39 bits per heavy atom. The Morgan fingerprint density at radius 2 is 1.82 bits per heavy atom. The van der Waals surface area contributed by atoms with E-state index in [0.29, 0.717) is 18.5 Å². The molecule has 0 aliphatic heterocycles. The summed E-state index contributed by atoms with van der Waals surface area (Å²) in [4.78, 5) is 33.3. The van der Waals surface area contributed by atoms with Gasteiger partial charge < -0.3 is 25.6 Å². The molecular weight excluding hydrogens is 505 g/mol. The van der Waals surface area contributed by atoms with Gasteiger partial charge in [0.1, 0.15) is 22.8 Å². The first kappa shape index (κ1) is 26.9. The molecule has 2 atom stereocenters. The van der Waals surface area contributed by atoms with E-state index in [-0.39, 0.29) is 22.6 Å². The van der Waals surface area contributed by atoms with Crippen LogP contribution in [-0.4, -0.2) is 37.5 Å². The summed E-state index contributed by atoms with van der Waals surface area (Å²) in [6, 6.07) is 6.92. The van der Waals surface area contributed by atoms with Crippen LogP contribution in [-0.2, 0) is 11.0 Å². The predicted octanol–water partition coefficient (Wildman–Crippen LogP) is 4.19. The summed E-state index contributed by atoms with van der Waals surface area (Å²) in [6.45, 7) is 3.04. The summed E-state index contributed by atoms with van der Waals surface area (Å²) in [7, 11) is 0. The normalized spacial score (nSPS) is 15.7. The first-order valence-electron chi connectivity index (χ1n) is 11.7. The van der Waals surface area contributed by atoms with E-state index >= 15 is 0 Å². The van der Waals surface area contributed by atoms with Gasteiger partial charge in [-0.3, -0.25) is 19.6 Å². The average molecular weight is 531 g/mol. The standard InChI is InChI=1S/C26H25F3N4O5/c1-14(32-24(37)25(7-8-25)33-23(36)17-9-18(35)12-30-11-17)21-5-4-19(13-31-21)38-22-6-3-16(15(2)34)10-20(22)26(27,28)29/h3-6,9-15,34-35H,7-8H2,1-2H3,(H,32,37)(H,33,36)/t14-,15?/m1/s1. The van der Waals surface area contributed by atoms with E-state index in [1.165, 1.54) is 49.8 Å². The second-order valence-corrected chi connectivity index (χ2v) is 9.11. The molecule has 3 aromatic rings. The molecule has 1 aliphatic rings. The Morgan fingerprint density at radius 1 is 1.08 bits per heavy atom. The Hall–Kier alpha value is -4.19. The van der Waals surface area contributed by atoms with Crippen LogP contribution in [0.5, 0.6) is 17.2 Å². The fourth-order valence-electron chi connectivity index (χ4n) is 3.74. The molecule has 1 aliphatic carbocycles. The number of halogens is 3. The van der Waals surface area contributed by atoms with Crippen molar-refractivity contribution in [3.8, 4) is 17.2 Å². The van der Waals surface area contributed by atoms with E-state index in [2.05, 4.69) is 20.6 Å². The minimum atomic E-state index is -4.70. The van der Waals surface area contributed by atoms with E-state index < -0.39 is 47.0 Å². The number of aromatic hydroxyl groups is 1. The lowest BCUT2D eigenvalue weighted by Crippen LogP contribution is -2.49. The van der Waals surface area contributed by atoms with Gasteiger partial charge in [0.2, 0.25) is 5.91 Å². The van der Waals surface area contributed by atoms with E-state index in [0.717, 1.165) is 12.1 Å². The van der Waals surface area contributed by atoms with Crippen molar-refractivity contribution in [2.75, 3.05) is 0 Å². The number of nitrogens with zero attached hydrogens (tertiary/aromatic N) is 2. The van der Waals surface area contributed by atoms with Crippen LogP contribution in [0.4, 0.5) is 13.2 Å². The lowest BCUT2D eigenvalue weighted by Gasteiger charge is -2.21. The second kappa shape index (κ2) is 10.3. The van der Waals surface area contributed by atoms with Crippen LogP contribution in [0.3, 0.4) is 0 Å². The fraction of sp³-hybridized carbons (Fsp3) is 0.308. The summed E-state index contributed by atoms with van der Waals surface area (Å²) < 4.78 is 46.0. The molecule has 12 heteroatoms. The van der Waals surface area contributed by atoms with E-state index in [4.69, 9.17) is 4.74 Å². The number of aromatic nitrogens is 2. The topological polar surface area (TPSA) is 134 Å². The molecule has 4 N–H and O–H groups in total. The van der Waals surface area contributed by atoms with Crippen molar-refractivity contribution in [1.82, 2.24) is 20.6 Å². The highest BCUT2D eigenvalue weighted by atomic mass is 19.4. The van der Waals surface area contributed by atoms with Gasteiger partial charge >= 0.3 is 6.18 Å². The number of aliphatic hydroxyl groups excluding tert-OH is 1. The number of ether oxygens (including phenoxy) is 1. The molecule has 4 rings (SSSR count). The predicted molar refractivity (Wildman–Crippen MR) is 128 cm³/mol. The number of hydrogen-bond donors (Lipinski definition) is 4. The zero-order chi connectivity index (χ0) is 27.7. The van der Waals surface area contributed by atoms with Crippen molar-refractivity contribution in [2.24, 2.45) is 0 Å². The summed E-state index contributed by atoms with van der Waals surface area (Å²) in [5, 5.41) is 24.6. The van der Waals surface area contributed by atoms with E-state index in [9.17, 15) is 33.0 Å². The molecule has 1 aromatic carbocycles. The molecule has 9 nitrogen and oxygen atoms in total. The quantitative estimate of drug-likeness (QED) is 0.343. The second-order valence-electron chi connectivity index (χ2n) is 9.11. The number of carbonyl (C=O) groups excluding carboxylic acids is 2. The van der Waals surface area contributed by atoms with Crippen molar-refractivity contribution < 1.29 is 37.7 Å². The number of amides is 2. The molecule has 0 spiro atoms. The molecule has 2 aromatic heterocycles. The van der Waals surface area contributed by atoms with Crippen molar-refractivity contribution >= 4 is 11.8 Å². The maximum absolute atomic E-state index is 13.5. The highest BCUT2D eigenvalue weighted by Crippen LogP contribution is 2.40. The Bertz CT molecular complexity index is 1340. The summed E-state index contributed by atoms with van der Waals surface area (Å²) in [5.41, 5.74) is -1.48. The van der Waals surface area contributed by atoms with Crippen LogP contribution in [0.15, 0.2) is 55.0 Å². The van der Waals surface area contributed by atoms with Gasteiger partial charge in [0.05, 0.1) is 41.4 Å². The van der Waals surface area contributed by atoms with Gasteiger partial charge in [-0.15, -0.1) is 0 Å². The van der Waals surface area contributed by atoms with Gasteiger partial charge in [-0.05, 0) is 62.6 Å². The Labute approximate surface area is 215 Å². The van der Waals surface area contributed by atoms with Gasteiger partial charge in [-0.25, -0.2) is 0 Å². The smallest absolute Gasteiger partial charge is 0.419 e. The maximum atomic E-state index is 13.5. The number of hydrogen-bond acceptors (Lipinski definition) is 7. The van der Waals surface area contributed by atoms with Crippen LogP contribution < -0.4 is 15.4 Å². The van der Waals surface area contributed by atoms with Gasteiger partial charge in [-0.2, -0.15) is 13.2 Å². The third-order valence-corrected chi connectivity index (χ3v) is 6.09. The number of benzene rings is 1. The van der Waals surface area contributed by atoms with Crippen molar-refractivity contribution in [2.45, 2.75) is 50.6 Å². The summed E-state index contributed by atoms with van der Waals surface area (Å²) in [6.07, 6.45) is -1.21. The van der Waals surface area contributed by atoms with Crippen LogP contribution in [0, 0.1) is 0 Å². The number of alkyl halides is 3. The number of pyridine rings is 2. The Balaban J connectivity index is 1.41. The van der Waals surface area contributed by atoms with Crippen LogP contribution in [0.25, 0.3) is 0 Å². The number of nitrogens with one attached hydrogen (secondary N) is 2. The van der Waals surface area contributed by atoms with Gasteiger partial charge in [0.15, 0.2) is 0 Å². The lowest BCUT2D eigenvalue weighted by molar-refractivity contribution is -0.138. The molecule has 38 heavy (non-hydrogen) atoms. The molecule has 200 valence electrons. The van der Waals surface area contributed by atoms with Crippen molar-refractivity contribution in [3.05, 3.63) is 77.4 Å². The molecule has 2 amide bonds. The summed E-state index contributed by atoms with van der Waals surface area (Å²) in [5.74, 6) is -1.53. The molecule has 1 saturated carbocycles. The summed E-state index contributed by atoms with van der Waals surface area (Å²) >= 11 is 0. The largest absolute Gasteiger partial charge is 0.506 e. The molecule has 2 heterocycles. The van der Waals surface area contributed by atoms with Gasteiger partial charge in [0.25, 0.3) is 5.91 Å². The Kier molecular flexibility index (Phi) is 7.27. The highest BCUT2D eigenvalue weighted by Gasteiger charge is 2.51. The molecule has 0 bridgehead atoms. The first-order valence-corrected chi connectivity index (χ1v) is 11.7. The molecule has 0 saturated heterocycles. The first-order chi connectivity index (χ1) is 17.9. The molecule has 1 unspecified atom stereocenters. The van der Waals surface area contributed by atoms with Crippen LogP contribution in [0.2, 0.25) is 0 Å². The highest BCUT2D eigenvalue weighted by molar-refractivity contribution is 6.00. The SMILES string of the molecule is CC(O)c1ccc(Oc2ccc([C@@H](C)NC(=O)C3(NC(=O)c4cncc(O)c4)CC3)nc2)c(C(F)(F)F)c1. The van der Waals surface area contributed by atoms with Crippen LogP contribution in [0.1, 0.15) is 66.0 Å². The molecule has 1 fully saturated rings. The lowest BCUT2D eigenvalue weighted by atomic mass is 10.1. The number of rotatable bonds is 8. The third-order valence-electron chi connectivity index (χ3n) is 6.09. The zero-order valence-electron chi connectivity index (χ0n) is 20.4. The molecular formula is C26H25F3N4O5. The fourth-order valence-corrected chi connectivity index (χ4v) is 3.74. The zero-order valence-corrected chi connectivity index (χ0v) is 20.4. The average Bonchev–Trinajstić information content (AvgIpc) is 3.64. The van der Waals surface area contributed by atoms with E-state index in [1.54, 1.807) is 6.92 Å². The number of carbonyl (C=O) groups is 2. The van der Waals surface area contributed by atoms with Crippen LogP contribution >= 0.6 is 0 Å². The monoisotopic (exact) mass is 530 g/mol. The maximum Gasteiger partial charge on any atom is 0.419 e. The van der Waals surface area contributed by atoms with Gasteiger partial charge in [-0.1, -0.05) is 6.07 Å². The van der Waals surface area contributed by atoms with Gasteiger partial charge in [0, 0.05) is 6.20 Å². The van der Waals surface area contributed by atoms with E-state index in [1.807, 2.05) is 0 Å². The minimum absolute atomic E-state index is 0.0493. The molecule has 0 radical (unpaired) electrons. The van der Waals surface area contributed by atoms with Crippen molar-refractivity contribution in [1.29, 1.82) is 0 Å². The third kappa shape index (κ3) is 6.02.